The molecule has 116 valence electrons. The number of halogens is 1. The van der Waals surface area contributed by atoms with E-state index in [1.165, 1.54) is 0 Å². The van der Waals surface area contributed by atoms with E-state index in [-0.39, 0.29) is 12.4 Å². The highest BCUT2D eigenvalue weighted by Crippen LogP contribution is 2.32. The van der Waals surface area contributed by atoms with Gasteiger partial charge < -0.3 is 18.6 Å². The number of pyridine rings is 1. The Kier molecular flexibility index (Phi) is 4.78. The van der Waals surface area contributed by atoms with Gasteiger partial charge in [-0.15, -0.1) is 12.4 Å². The Bertz CT molecular complexity index is 786. The number of imidazole rings is 1. The van der Waals surface area contributed by atoms with Crippen molar-refractivity contribution in [1.82, 2.24) is 9.38 Å². The van der Waals surface area contributed by atoms with Crippen molar-refractivity contribution < 1.29 is 14.2 Å². The molecule has 1 aromatic carbocycles. The van der Waals surface area contributed by atoms with E-state index in [0.717, 1.165) is 22.7 Å². The Morgan fingerprint density at radius 2 is 1.68 bits per heavy atom. The van der Waals surface area contributed by atoms with Gasteiger partial charge in [0.1, 0.15) is 11.4 Å². The fourth-order valence-corrected chi connectivity index (χ4v) is 2.22. The molecule has 0 amide bonds. The monoisotopic (exact) mass is 320 g/mol. The summed E-state index contributed by atoms with van der Waals surface area (Å²) in [6, 6.07) is 9.54. The maximum absolute atomic E-state index is 5.33. The first-order valence-corrected chi connectivity index (χ1v) is 6.50. The quantitative estimate of drug-likeness (QED) is 0.738. The van der Waals surface area contributed by atoms with Crippen LogP contribution in [-0.2, 0) is 0 Å². The summed E-state index contributed by atoms with van der Waals surface area (Å²) in [6.45, 7) is 0. The van der Waals surface area contributed by atoms with Crippen molar-refractivity contribution in [2.24, 2.45) is 0 Å². The third-order valence-corrected chi connectivity index (χ3v) is 3.35. The summed E-state index contributed by atoms with van der Waals surface area (Å²) in [5.74, 6) is 2.17. The van der Waals surface area contributed by atoms with E-state index in [0.29, 0.717) is 11.5 Å². The predicted molar refractivity (Wildman–Crippen MR) is 87.5 cm³/mol. The van der Waals surface area contributed by atoms with Crippen LogP contribution in [0.2, 0.25) is 0 Å². The number of aromatic nitrogens is 2. The molecule has 5 nitrogen and oxygen atoms in total. The molecule has 3 rings (SSSR count). The van der Waals surface area contributed by atoms with E-state index < -0.39 is 0 Å². The second-order valence-electron chi connectivity index (χ2n) is 4.53. The van der Waals surface area contributed by atoms with Gasteiger partial charge in [0, 0.05) is 24.0 Å². The summed E-state index contributed by atoms with van der Waals surface area (Å²) in [7, 11) is 4.88. The molecule has 0 aliphatic rings. The van der Waals surface area contributed by atoms with Crippen molar-refractivity contribution in [2.75, 3.05) is 21.3 Å². The molecule has 22 heavy (non-hydrogen) atoms. The molecule has 0 aliphatic heterocycles. The Labute approximate surface area is 134 Å². The van der Waals surface area contributed by atoms with Gasteiger partial charge >= 0.3 is 0 Å². The summed E-state index contributed by atoms with van der Waals surface area (Å²) >= 11 is 0. The fourth-order valence-electron chi connectivity index (χ4n) is 2.22. The van der Waals surface area contributed by atoms with Crippen molar-refractivity contribution in [3.05, 3.63) is 42.7 Å². The van der Waals surface area contributed by atoms with Crippen molar-refractivity contribution in [3.63, 3.8) is 0 Å². The van der Waals surface area contributed by atoms with Crippen LogP contribution >= 0.6 is 12.4 Å². The molecule has 6 heteroatoms. The maximum Gasteiger partial charge on any atom is 0.161 e. The third kappa shape index (κ3) is 2.80. The van der Waals surface area contributed by atoms with Gasteiger partial charge in [0.15, 0.2) is 11.5 Å². The molecule has 0 fully saturated rings. The zero-order chi connectivity index (χ0) is 14.8. The zero-order valence-corrected chi connectivity index (χ0v) is 13.4. The molecule has 2 aromatic heterocycles. The van der Waals surface area contributed by atoms with Gasteiger partial charge in [-0.1, -0.05) is 0 Å². The van der Waals surface area contributed by atoms with Gasteiger partial charge in [0.25, 0.3) is 0 Å². The van der Waals surface area contributed by atoms with Crippen LogP contribution in [-0.4, -0.2) is 30.7 Å². The second kappa shape index (κ2) is 6.58. The predicted octanol–water partition coefficient (Wildman–Crippen LogP) is 3.45. The summed E-state index contributed by atoms with van der Waals surface area (Å²) in [4.78, 5) is 4.61. The molecule has 0 radical (unpaired) electrons. The Balaban J connectivity index is 0.00000176. The third-order valence-electron chi connectivity index (χ3n) is 3.35. The Morgan fingerprint density at radius 1 is 0.909 bits per heavy atom. The summed E-state index contributed by atoms with van der Waals surface area (Å²) in [6.07, 6.45) is 3.89. The normalized spacial score (nSPS) is 10.1. The summed E-state index contributed by atoms with van der Waals surface area (Å²) in [5.41, 5.74) is 2.67. The molecular formula is C16H17ClN2O3. The van der Waals surface area contributed by atoms with Crippen molar-refractivity contribution in [1.29, 1.82) is 0 Å². The van der Waals surface area contributed by atoms with Crippen LogP contribution in [0.15, 0.2) is 42.7 Å². The molecule has 0 N–H and O–H groups in total. The Hall–Kier alpha value is -2.40. The number of methoxy groups -OCH3 is 3. The highest BCUT2D eigenvalue weighted by atomic mass is 35.5. The van der Waals surface area contributed by atoms with E-state index in [1.54, 1.807) is 21.3 Å². The molecule has 3 aromatic rings. The number of hydrogen-bond acceptors (Lipinski definition) is 4. The van der Waals surface area contributed by atoms with Crippen LogP contribution in [0.3, 0.4) is 0 Å². The summed E-state index contributed by atoms with van der Waals surface area (Å²) < 4.78 is 17.7. The topological polar surface area (TPSA) is 45.0 Å². The number of rotatable bonds is 4. The molecular weight excluding hydrogens is 304 g/mol. The van der Waals surface area contributed by atoms with Crippen LogP contribution in [0.1, 0.15) is 0 Å². The van der Waals surface area contributed by atoms with Gasteiger partial charge in [0.05, 0.1) is 27.0 Å². The second-order valence-corrected chi connectivity index (χ2v) is 4.53. The van der Waals surface area contributed by atoms with Crippen LogP contribution in [0, 0.1) is 0 Å². The van der Waals surface area contributed by atoms with Gasteiger partial charge in [-0.3, -0.25) is 0 Å². The lowest BCUT2D eigenvalue weighted by Crippen LogP contribution is -1.90. The van der Waals surface area contributed by atoms with Crippen LogP contribution in [0.25, 0.3) is 16.9 Å². The molecule has 2 heterocycles. The number of benzene rings is 1. The standard InChI is InChI=1S/C16H16N2O3.ClH/c1-19-12-6-7-18-10-13(17-16(18)9-12)11-4-5-14(20-2)15(8-11)21-3;/h4-10H,1-3H3;1H. The molecule has 0 aliphatic carbocycles. The summed E-state index contributed by atoms with van der Waals surface area (Å²) in [5, 5.41) is 0. The van der Waals surface area contributed by atoms with Crippen molar-refractivity contribution >= 4 is 18.1 Å². The lowest BCUT2D eigenvalue weighted by molar-refractivity contribution is 0.355. The first-order chi connectivity index (χ1) is 10.2. The molecule has 0 saturated carbocycles. The van der Waals surface area contributed by atoms with Crippen molar-refractivity contribution in [2.45, 2.75) is 0 Å². The molecule has 0 unspecified atom stereocenters. The maximum atomic E-state index is 5.33. The van der Waals surface area contributed by atoms with Crippen molar-refractivity contribution in [3.8, 4) is 28.5 Å². The lowest BCUT2D eigenvalue weighted by Gasteiger charge is -2.08. The van der Waals surface area contributed by atoms with E-state index >= 15 is 0 Å². The Morgan fingerprint density at radius 3 is 2.36 bits per heavy atom. The van der Waals surface area contributed by atoms with E-state index in [2.05, 4.69) is 4.98 Å². The smallest absolute Gasteiger partial charge is 0.161 e. The minimum absolute atomic E-state index is 0. The van der Waals surface area contributed by atoms with Crippen LogP contribution in [0.5, 0.6) is 17.2 Å². The average molecular weight is 321 g/mol. The molecule has 0 bridgehead atoms. The highest BCUT2D eigenvalue weighted by molar-refractivity contribution is 5.85. The van der Waals surface area contributed by atoms with Gasteiger partial charge in [-0.25, -0.2) is 4.98 Å². The fraction of sp³-hybridized carbons (Fsp3) is 0.188. The molecule has 0 saturated heterocycles. The van der Waals surface area contributed by atoms with Crippen LogP contribution < -0.4 is 14.2 Å². The van der Waals surface area contributed by atoms with E-state index in [1.807, 2.05) is 47.1 Å². The zero-order valence-electron chi connectivity index (χ0n) is 12.6. The number of ether oxygens (including phenoxy) is 3. The van der Waals surface area contributed by atoms with E-state index in [4.69, 9.17) is 14.2 Å². The number of nitrogens with zero attached hydrogens (tertiary/aromatic N) is 2. The number of fused-ring (bicyclic) bond motifs is 1. The van der Waals surface area contributed by atoms with Gasteiger partial charge in [-0.05, 0) is 24.3 Å². The number of hydrogen-bond donors (Lipinski definition) is 0. The largest absolute Gasteiger partial charge is 0.497 e. The van der Waals surface area contributed by atoms with Gasteiger partial charge in [-0.2, -0.15) is 0 Å². The first kappa shape index (κ1) is 16.0. The van der Waals surface area contributed by atoms with Crippen LogP contribution in [0.4, 0.5) is 0 Å². The molecule has 0 atom stereocenters. The van der Waals surface area contributed by atoms with Gasteiger partial charge in [0.2, 0.25) is 0 Å². The lowest BCUT2D eigenvalue weighted by atomic mass is 10.1. The van der Waals surface area contributed by atoms with E-state index in [9.17, 15) is 0 Å². The molecule has 0 spiro atoms. The minimum Gasteiger partial charge on any atom is -0.497 e. The highest BCUT2D eigenvalue weighted by Gasteiger charge is 2.09. The SMILES string of the molecule is COc1ccn2cc(-c3ccc(OC)c(OC)c3)nc2c1.Cl. The average Bonchev–Trinajstić information content (AvgIpc) is 2.96. The minimum atomic E-state index is 0. The first-order valence-electron chi connectivity index (χ1n) is 6.50.